The number of nitrogens with zero attached hydrogens (tertiary/aromatic N) is 2. The lowest BCUT2D eigenvalue weighted by atomic mass is 10.2. The van der Waals surface area contributed by atoms with E-state index in [0.29, 0.717) is 6.54 Å². The Bertz CT molecular complexity index is 561. The highest BCUT2D eigenvalue weighted by Crippen LogP contribution is 2.17. The SMILES string of the molecule is CNC(=O)C(C)NCc1nn(C)c2ccccc12. The second-order valence-corrected chi connectivity index (χ2v) is 4.30. The third-order valence-electron chi connectivity index (χ3n) is 3.05. The minimum absolute atomic E-state index is 0.0183. The fourth-order valence-electron chi connectivity index (χ4n) is 1.98. The predicted octanol–water partition coefficient (Wildman–Crippen LogP) is 0.797. The molecule has 0 aliphatic carbocycles. The van der Waals surface area contributed by atoms with Crippen molar-refractivity contribution in [1.82, 2.24) is 20.4 Å². The van der Waals surface area contributed by atoms with E-state index in [9.17, 15) is 4.79 Å². The third kappa shape index (κ3) is 2.36. The molecule has 0 spiro atoms. The Balaban J connectivity index is 2.15. The van der Waals surface area contributed by atoms with E-state index < -0.39 is 0 Å². The van der Waals surface area contributed by atoms with E-state index in [4.69, 9.17) is 0 Å². The molecule has 1 unspecified atom stereocenters. The van der Waals surface area contributed by atoms with Crippen molar-refractivity contribution in [3.63, 3.8) is 0 Å². The van der Waals surface area contributed by atoms with Crippen molar-refractivity contribution >= 4 is 16.8 Å². The molecule has 1 atom stereocenters. The van der Waals surface area contributed by atoms with E-state index >= 15 is 0 Å². The van der Waals surface area contributed by atoms with Gasteiger partial charge in [0, 0.05) is 26.0 Å². The molecule has 5 nitrogen and oxygen atoms in total. The van der Waals surface area contributed by atoms with Gasteiger partial charge in [0.05, 0.1) is 17.3 Å². The number of likely N-dealkylation sites (N-methyl/N-ethyl adjacent to an activating group) is 1. The summed E-state index contributed by atoms with van der Waals surface area (Å²) in [5.74, 6) is -0.0183. The third-order valence-corrected chi connectivity index (χ3v) is 3.05. The molecular weight excluding hydrogens is 228 g/mol. The van der Waals surface area contributed by atoms with Crippen molar-refractivity contribution in [1.29, 1.82) is 0 Å². The van der Waals surface area contributed by atoms with Crippen molar-refractivity contribution in [2.45, 2.75) is 19.5 Å². The van der Waals surface area contributed by atoms with Gasteiger partial charge in [-0.1, -0.05) is 18.2 Å². The summed E-state index contributed by atoms with van der Waals surface area (Å²) in [6.07, 6.45) is 0. The summed E-state index contributed by atoms with van der Waals surface area (Å²) in [6.45, 7) is 2.42. The van der Waals surface area contributed by atoms with Gasteiger partial charge in [-0.15, -0.1) is 0 Å². The summed E-state index contributed by atoms with van der Waals surface area (Å²) in [7, 11) is 3.56. The van der Waals surface area contributed by atoms with Crippen LogP contribution in [0.15, 0.2) is 24.3 Å². The molecule has 0 radical (unpaired) electrons. The highest BCUT2D eigenvalue weighted by atomic mass is 16.2. The Hall–Kier alpha value is -1.88. The molecule has 0 saturated carbocycles. The second-order valence-electron chi connectivity index (χ2n) is 4.30. The molecule has 1 aromatic heterocycles. The van der Waals surface area contributed by atoms with Gasteiger partial charge in [0.15, 0.2) is 0 Å². The summed E-state index contributed by atoms with van der Waals surface area (Å²) in [4.78, 5) is 11.4. The molecule has 2 aromatic rings. The molecular formula is C13H18N4O. The Morgan fingerprint density at radius 1 is 1.44 bits per heavy atom. The molecule has 2 rings (SSSR count). The first-order chi connectivity index (χ1) is 8.63. The lowest BCUT2D eigenvalue weighted by Crippen LogP contribution is -2.40. The smallest absolute Gasteiger partial charge is 0.236 e. The van der Waals surface area contributed by atoms with Crippen LogP contribution in [0.5, 0.6) is 0 Å². The Morgan fingerprint density at radius 2 is 2.17 bits per heavy atom. The van der Waals surface area contributed by atoms with Gasteiger partial charge >= 0.3 is 0 Å². The van der Waals surface area contributed by atoms with Gasteiger partial charge < -0.3 is 10.6 Å². The van der Waals surface area contributed by atoms with Gasteiger partial charge in [0.1, 0.15) is 0 Å². The number of carbonyl (C=O) groups is 1. The van der Waals surface area contributed by atoms with Crippen LogP contribution in [0.2, 0.25) is 0 Å². The van der Waals surface area contributed by atoms with Crippen LogP contribution >= 0.6 is 0 Å². The standard InChI is InChI=1S/C13H18N4O/c1-9(13(18)14-2)15-8-11-10-6-4-5-7-12(10)17(3)16-11/h4-7,9,15H,8H2,1-3H3,(H,14,18). The van der Waals surface area contributed by atoms with Crippen LogP contribution in [0, 0.1) is 0 Å². The zero-order valence-corrected chi connectivity index (χ0v) is 10.9. The molecule has 5 heteroatoms. The van der Waals surface area contributed by atoms with Crippen LogP contribution in [0.1, 0.15) is 12.6 Å². The summed E-state index contributed by atoms with van der Waals surface area (Å²) in [5, 5.41) is 11.4. The first kappa shape index (κ1) is 12.6. The highest BCUT2D eigenvalue weighted by molar-refractivity contribution is 5.82. The molecule has 1 aromatic carbocycles. The molecule has 1 heterocycles. The highest BCUT2D eigenvalue weighted by Gasteiger charge is 2.12. The largest absolute Gasteiger partial charge is 0.358 e. The maximum atomic E-state index is 11.4. The number of hydrogen-bond donors (Lipinski definition) is 2. The topological polar surface area (TPSA) is 59.0 Å². The number of hydrogen-bond acceptors (Lipinski definition) is 3. The molecule has 0 aliphatic heterocycles. The minimum Gasteiger partial charge on any atom is -0.358 e. The number of nitrogens with one attached hydrogen (secondary N) is 2. The summed E-state index contributed by atoms with van der Waals surface area (Å²) in [5.41, 5.74) is 2.06. The summed E-state index contributed by atoms with van der Waals surface area (Å²) >= 11 is 0. The van der Waals surface area contributed by atoms with Crippen LogP contribution < -0.4 is 10.6 Å². The lowest BCUT2D eigenvalue weighted by molar-refractivity contribution is -0.122. The molecule has 1 amide bonds. The Labute approximate surface area is 106 Å². The van der Waals surface area contributed by atoms with Crippen LogP contribution in [0.4, 0.5) is 0 Å². The first-order valence-electron chi connectivity index (χ1n) is 5.99. The van der Waals surface area contributed by atoms with Gasteiger partial charge in [-0.25, -0.2) is 0 Å². The first-order valence-corrected chi connectivity index (χ1v) is 5.99. The van der Waals surface area contributed by atoms with Gasteiger partial charge in [0.2, 0.25) is 5.91 Å². The van der Waals surface area contributed by atoms with Crippen molar-refractivity contribution in [3.05, 3.63) is 30.0 Å². The Kier molecular flexibility index (Phi) is 3.62. The number of rotatable bonds is 4. The second kappa shape index (κ2) is 5.18. The number of carbonyl (C=O) groups excluding carboxylic acids is 1. The van der Waals surface area contributed by atoms with Gasteiger partial charge in [0.25, 0.3) is 0 Å². The molecule has 18 heavy (non-hydrogen) atoms. The maximum Gasteiger partial charge on any atom is 0.236 e. The van der Waals surface area contributed by atoms with Gasteiger partial charge in [-0.3, -0.25) is 9.48 Å². The zero-order chi connectivity index (χ0) is 13.1. The quantitative estimate of drug-likeness (QED) is 0.839. The average molecular weight is 246 g/mol. The number of para-hydroxylation sites is 1. The maximum absolute atomic E-state index is 11.4. The van der Waals surface area contributed by atoms with Crippen molar-refractivity contribution in [3.8, 4) is 0 Å². The number of aryl methyl sites for hydroxylation is 1. The predicted molar refractivity (Wildman–Crippen MR) is 71.1 cm³/mol. The average Bonchev–Trinajstić information content (AvgIpc) is 2.72. The summed E-state index contributed by atoms with van der Waals surface area (Å²) in [6, 6.07) is 7.85. The van der Waals surface area contributed by atoms with Crippen LogP contribution in [0.25, 0.3) is 10.9 Å². The van der Waals surface area contributed by atoms with Gasteiger partial charge in [-0.05, 0) is 13.0 Å². The minimum atomic E-state index is -0.226. The van der Waals surface area contributed by atoms with Crippen molar-refractivity contribution < 1.29 is 4.79 Å². The molecule has 0 fully saturated rings. The van der Waals surface area contributed by atoms with E-state index in [1.165, 1.54) is 0 Å². The Morgan fingerprint density at radius 3 is 2.89 bits per heavy atom. The van der Waals surface area contributed by atoms with E-state index in [0.717, 1.165) is 16.6 Å². The lowest BCUT2D eigenvalue weighted by Gasteiger charge is -2.10. The fourth-order valence-corrected chi connectivity index (χ4v) is 1.98. The number of aromatic nitrogens is 2. The fraction of sp³-hybridized carbons (Fsp3) is 0.385. The molecule has 96 valence electrons. The number of benzene rings is 1. The number of fused-ring (bicyclic) bond motifs is 1. The molecule has 0 saturated heterocycles. The van der Waals surface area contributed by atoms with E-state index in [1.54, 1.807) is 7.05 Å². The molecule has 2 N–H and O–H groups in total. The normalized spacial score (nSPS) is 12.6. The van der Waals surface area contributed by atoms with Crippen molar-refractivity contribution in [2.24, 2.45) is 7.05 Å². The van der Waals surface area contributed by atoms with E-state index in [-0.39, 0.29) is 11.9 Å². The van der Waals surface area contributed by atoms with Crippen molar-refractivity contribution in [2.75, 3.05) is 7.05 Å². The van der Waals surface area contributed by atoms with E-state index in [1.807, 2.05) is 42.9 Å². The van der Waals surface area contributed by atoms with Gasteiger partial charge in [-0.2, -0.15) is 5.10 Å². The number of amides is 1. The summed E-state index contributed by atoms with van der Waals surface area (Å²) < 4.78 is 1.86. The monoisotopic (exact) mass is 246 g/mol. The van der Waals surface area contributed by atoms with Crippen LogP contribution in [0.3, 0.4) is 0 Å². The zero-order valence-electron chi connectivity index (χ0n) is 10.9. The van der Waals surface area contributed by atoms with E-state index in [2.05, 4.69) is 15.7 Å². The molecule has 0 bridgehead atoms. The van der Waals surface area contributed by atoms with Crippen LogP contribution in [-0.2, 0) is 18.4 Å². The molecule has 0 aliphatic rings. The van der Waals surface area contributed by atoms with Crippen LogP contribution in [-0.4, -0.2) is 28.8 Å².